The smallest absolute Gasteiger partial charge is 0.259 e. The third-order valence-electron chi connectivity index (χ3n) is 6.50. The number of carbonyl (C=O) groups is 2. The number of anilines is 1. The summed E-state index contributed by atoms with van der Waals surface area (Å²) in [6.45, 7) is 5.10. The van der Waals surface area contributed by atoms with Gasteiger partial charge in [0.15, 0.2) is 0 Å². The van der Waals surface area contributed by atoms with Crippen LogP contribution in [-0.2, 0) is 13.0 Å². The van der Waals surface area contributed by atoms with Crippen molar-refractivity contribution in [1.29, 1.82) is 0 Å². The van der Waals surface area contributed by atoms with Gasteiger partial charge in [-0.3, -0.25) is 9.59 Å². The minimum atomic E-state index is -0.139. The normalized spacial score (nSPS) is 12.5. The molecule has 0 aliphatic carbocycles. The van der Waals surface area contributed by atoms with Gasteiger partial charge in [0.25, 0.3) is 11.8 Å². The molecule has 36 heavy (non-hydrogen) atoms. The Morgan fingerprint density at radius 3 is 2.42 bits per heavy atom. The minimum absolute atomic E-state index is 0.0583. The highest BCUT2D eigenvalue weighted by molar-refractivity contribution is 7.99. The summed E-state index contributed by atoms with van der Waals surface area (Å²) >= 11 is 1.57. The van der Waals surface area contributed by atoms with Gasteiger partial charge in [0.1, 0.15) is 0 Å². The number of rotatable bonds is 6. The third-order valence-corrected chi connectivity index (χ3v) is 7.65. The third kappa shape index (κ3) is 5.07. The van der Waals surface area contributed by atoms with E-state index in [1.165, 1.54) is 11.1 Å². The van der Waals surface area contributed by atoms with Crippen LogP contribution < -0.4 is 10.2 Å². The molecule has 1 heterocycles. The van der Waals surface area contributed by atoms with Gasteiger partial charge in [-0.25, -0.2) is 0 Å². The SMILES string of the molecule is Cc1ccc(CCNC(=O)c2ccc3c(c2)N(Cc2ccccc2C)C(=O)c2ccccc2S3)cc1. The second-order valence-electron chi connectivity index (χ2n) is 9.09. The number of amides is 2. The molecule has 4 aromatic carbocycles. The molecule has 1 aliphatic rings. The summed E-state index contributed by atoms with van der Waals surface area (Å²) in [5.74, 6) is -0.197. The van der Waals surface area contributed by atoms with Crippen LogP contribution in [0.15, 0.2) is 101 Å². The number of fused-ring (bicyclic) bond motifs is 2. The van der Waals surface area contributed by atoms with Crippen LogP contribution in [0.4, 0.5) is 5.69 Å². The first-order chi connectivity index (χ1) is 17.5. The average molecular weight is 493 g/mol. The first kappa shape index (κ1) is 23.9. The number of benzene rings is 4. The fourth-order valence-corrected chi connectivity index (χ4v) is 5.41. The molecule has 0 spiro atoms. The Hall–Kier alpha value is -3.83. The van der Waals surface area contributed by atoms with Crippen molar-refractivity contribution in [3.8, 4) is 0 Å². The number of nitrogens with zero attached hydrogens (tertiary/aromatic N) is 1. The lowest BCUT2D eigenvalue weighted by molar-refractivity contribution is 0.0950. The van der Waals surface area contributed by atoms with E-state index in [4.69, 9.17) is 0 Å². The van der Waals surface area contributed by atoms with E-state index in [9.17, 15) is 9.59 Å². The van der Waals surface area contributed by atoms with Crippen LogP contribution in [0.25, 0.3) is 0 Å². The molecule has 0 atom stereocenters. The summed E-state index contributed by atoms with van der Waals surface area (Å²) in [7, 11) is 0. The molecule has 180 valence electrons. The molecule has 0 saturated heterocycles. The van der Waals surface area contributed by atoms with Crippen molar-refractivity contribution in [2.75, 3.05) is 11.4 Å². The molecule has 4 aromatic rings. The van der Waals surface area contributed by atoms with Crippen LogP contribution in [-0.4, -0.2) is 18.4 Å². The Balaban J connectivity index is 1.43. The quantitative estimate of drug-likeness (QED) is 0.330. The van der Waals surface area contributed by atoms with Crippen molar-refractivity contribution in [2.24, 2.45) is 0 Å². The van der Waals surface area contributed by atoms with Gasteiger partial charge >= 0.3 is 0 Å². The zero-order valence-electron chi connectivity index (χ0n) is 20.5. The molecular formula is C31H28N2O2S. The highest BCUT2D eigenvalue weighted by atomic mass is 32.2. The highest BCUT2D eigenvalue weighted by Crippen LogP contribution is 2.42. The highest BCUT2D eigenvalue weighted by Gasteiger charge is 2.28. The fraction of sp³-hybridized carbons (Fsp3) is 0.161. The van der Waals surface area contributed by atoms with Crippen LogP contribution in [0.2, 0.25) is 0 Å². The van der Waals surface area contributed by atoms with E-state index in [1.807, 2.05) is 60.7 Å². The molecule has 1 aliphatic heterocycles. The minimum Gasteiger partial charge on any atom is -0.352 e. The van der Waals surface area contributed by atoms with E-state index in [0.29, 0.717) is 24.2 Å². The van der Waals surface area contributed by atoms with Gasteiger partial charge in [-0.15, -0.1) is 0 Å². The summed E-state index contributed by atoms with van der Waals surface area (Å²) < 4.78 is 0. The zero-order chi connectivity index (χ0) is 25.1. The maximum absolute atomic E-state index is 13.8. The molecule has 2 amide bonds. The average Bonchev–Trinajstić information content (AvgIpc) is 3.00. The first-order valence-corrected chi connectivity index (χ1v) is 12.9. The van der Waals surface area contributed by atoms with Crippen molar-refractivity contribution in [3.05, 3.63) is 124 Å². The molecule has 0 bridgehead atoms. The Morgan fingerprint density at radius 1 is 0.861 bits per heavy atom. The van der Waals surface area contributed by atoms with Gasteiger partial charge in [0.2, 0.25) is 0 Å². The number of carbonyl (C=O) groups excluding carboxylic acids is 2. The Labute approximate surface area is 216 Å². The van der Waals surface area contributed by atoms with Gasteiger partial charge in [-0.05, 0) is 67.3 Å². The van der Waals surface area contributed by atoms with Crippen LogP contribution in [0.1, 0.15) is 43.0 Å². The first-order valence-electron chi connectivity index (χ1n) is 12.1. The largest absolute Gasteiger partial charge is 0.352 e. The van der Waals surface area contributed by atoms with Gasteiger partial charge in [-0.2, -0.15) is 0 Å². The van der Waals surface area contributed by atoms with Crippen LogP contribution in [0.3, 0.4) is 0 Å². The topological polar surface area (TPSA) is 49.4 Å². The maximum Gasteiger partial charge on any atom is 0.259 e. The van der Waals surface area contributed by atoms with E-state index in [1.54, 1.807) is 16.7 Å². The van der Waals surface area contributed by atoms with Crippen LogP contribution in [0.5, 0.6) is 0 Å². The number of nitrogens with one attached hydrogen (secondary N) is 1. The molecule has 0 saturated carbocycles. The molecule has 0 fully saturated rings. The van der Waals surface area contributed by atoms with E-state index in [0.717, 1.165) is 33.0 Å². The molecule has 0 radical (unpaired) electrons. The van der Waals surface area contributed by atoms with Crippen molar-refractivity contribution < 1.29 is 9.59 Å². The standard InChI is InChI=1S/C31H28N2O2S/c1-21-11-13-23(14-12-21)17-18-32-30(34)24-15-16-29-27(19-24)33(20-25-8-4-3-7-22(25)2)31(35)26-9-5-6-10-28(26)36-29/h3-16,19H,17-18,20H2,1-2H3,(H,32,34). The Morgan fingerprint density at radius 2 is 1.61 bits per heavy atom. The summed E-state index contributed by atoms with van der Waals surface area (Å²) in [4.78, 5) is 30.5. The summed E-state index contributed by atoms with van der Waals surface area (Å²) in [5.41, 5.74) is 6.60. The van der Waals surface area contributed by atoms with Crippen LogP contribution in [0, 0.1) is 13.8 Å². The second-order valence-corrected chi connectivity index (χ2v) is 10.2. The summed E-state index contributed by atoms with van der Waals surface area (Å²) in [5, 5.41) is 3.04. The zero-order valence-corrected chi connectivity index (χ0v) is 21.3. The number of aryl methyl sites for hydroxylation is 2. The second kappa shape index (κ2) is 10.4. The monoisotopic (exact) mass is 492 g/mol. The maximum atomic E-state index is 13.8. The molecule has 5 rings (SSSR count). The van der Waals surface area contributed by atoms with Crippen molar-refractivity contribution in [2.45, 2.75) is 36.6 Å². The van der Waals surface area contributed by atoms with Gasteiger partial charge in [0.05, 0.1) is 17.8 Å². The fourth-order valence-electron chi connectivity index (χ4n) is 4.35. The van der Waals surface area contributed by atoms with E-state index < -0.39 is 0 Å². The predicted octanol–water partition coefficient (Wildman–Crippen LogP) is 6.59. The van der Waals surface area contributed by atoms with Gasteiger partial charge in [-0.1, -0.05) is 78.0 Å². The van der Waals surface area contributed by atoms with E-state index in [-0.39, 0.29) is 11.8 Å². The van der Waals surface area contributed by atoms with Crippen LogP contribution >= 0.6 is 11.8 Å². The number of hydrogen-bond donors (Lipinski definition) is 1. The molecular weight excluding hydrogens is 464 g/mol. The number of hydrogen-bond acceptors (Lipinski definition) is 3. The van der Waals surface area contributed by atoms with Gasteiger partial charge in [0, 0.05) is 21.9 Å². The Bertz CT molecular complexity index is 1430. The van der Waals surface area contributed by atoms with Crippen molar-refractivity contribution in [3.63, 3.8) is 0 Å². The summed E-state index contributed by atoms with van der Waals surface area (Å²) in [6, 6.07) is 29.8. The lowest BCUT2D eigenvalue weighted by Gasteiger charge is -2.24. The van der Waals surface area contributed by atoms with Crippen molar-refractivity contribution in [1.82, 2.24) is 5.32 Å². The van der Waals surface area contributed by atoms with E-state index in [2.05, 4.69) is 49.5 Å². The van der Waals surface area contributed by atoms with E-state index >= 15 is 0 Å². The molecule has 1 N–H and O–H groups in total. The predicted molar refractivity (Wildman–Crippen MR) is 146 cm³/mol. The molecule has 0 unspecified atom stereocenters. The van der Waals surface area contributed by atoms with Crippen molar-refractivity contribution >= 4 is 29.3 Å². The lowest BCUT2D eigenvalue weighted by Crippen LogP contribution is -2.31. The molecule has 4 nitrogen and oxygen atoms in total. The molecule has 5 heteroatoms. The molecule has 0 aromatic heterocycles. The Kier molecular flexibility index (Phi) is 6.92. The lowest BCUT2D eigenvalue weighted by atomic mass is 10.1. The van der Waals surface area contributed by atoms with Gasteiger partial charge < -0.3 is 10.2 Å². The summed E-state index contributed by atoms with van der Waals surface area (Å²) in [6.07, 6.45) is 0.764.